The zero-order valence-corrected chi connectivity index (χ0v) is 39.0. The smallest absolute Gasteiger partial charge is 0.140 e. The lowest BCUT2D eigenvalue weighted by molar-refractivity contribution is 0.628. The van der Waals surface area contributed by atoms with Crippen LogP contribution >= 0.6 is 22.7 Å². The maximum atomic E-state index is 7.14. The molecule has 2 aliphatic rings. The van der Waals surface area contributed by atoms with Gasteiger partial charge in [0.1, 0.15) is 11.3 Å². The Morgan fingerprint density at radius 3 is 1.80 bits per heavy atom. The second-order valence-corrected chi connectivity index (χ2v) is 20.8. The number of benzene rings is 10. The average Bonchev–Trinajstić information content (AvgIpc) is 4.21. The van der Waals surface area contributed by atoms with Gasteiger partial charge in [-0.05, 0) is 124 Å². The van der Waals surface area contributed by atoms with Gasteiger partial charge >= 0.3 is 0 Å². The van der Waals surface area contributed by atoms with Crippen LogP contribution in [0.15, 0.2) is 235 Å². The second-order valence-electron chi connectivity index (χ2n) is 18.6. The van der Waals surface area contributed by atoms with Crippen molar-refractivity contribution < 1.29 is 4.42 Å². The molecule has 69 heavy (non-hydrogen) atoms. The molecule has 2 nitrogen and oxygen atoms in total. The highest BCUT2D eigenvalue weighted by Crippen LogP contribution is 2.67. The first kappa shape index (κ1) is 39.0. The lowest BCUT2D eigenvalue weighted by Crippen LogP contribution is -2.28. The van der Waals surface area contributed by atoms with Gasteiger partial charge in [-0.15, -0.1) is 22.7 Å². The summed E-state index contributed by atoms with van der Waals surface area (Å²) in [5.74, 6) is 1.02. The summed E-state index contributed by atoms with van der Waals surface area (Å²) in [6.07, 6.45) is 0.853. The first-order valence-electron chi connectivity index (χ1n) is 23.8. The third-order valence-corrected chi connectivity index (χ3v) is 17.4. The molecule has 4 heteroatoms. The van der Waals surface area contributed by atoms with Crippen molar-refractivity contribution in [2.45, 2.75) is 17.8 Å². The summed E-state index contributed by atoms with van der Waals surface area (Å²) < 4.78 is 12.4. The molecular formula is C65H41NOS2. The van der Waals surface area contributed by atoms with E-state index in [0.29, 0.717) is 0 Å². The van der Waals surface area contributed by atoms with Crippen LogP contribution < -0.4 is 4.90 Å². The molecule has 0 bridgehead atoms. The van der Waals surface area contributed by atoms with Crippen LogP contribution in [0.5, 0.6) is 0 Å². The summed E-state index contributed by atoms with van der Waals surface area (Å²) in [7, 11) is 0. The fraction of sp³-hybridized carbons (Fsp3) is 0.0462. The third-order valence-electron chi connectivity index (χ3n) is 15.1. The van der Waals surface area contributed by atoms with Gasteiger partial charge < -0.3 is 9.32 Å². The monoisotopic (exact) mass is 915 g/mol. The molecule has 0 aliphatic heterocycles. The number of hydrogen-bond acceptors (Lipinski definition) is 4. The number of thiophene rings is 2. The van der Waals surface area contributed by atoms with Gasteiger partial charge in [0.2, 0.25) is 0 Å². The topological polar surface area (TPSA) is 16.4 Å². The number of hydrogen-bond donors (Lipinski definition) is 0. The molecule has 2 aliphatic carbocycles. The van der Waals surface area contributed by atoms with Crippen LogP contribution in [0, 0.1) is 0 Å². The van der Waals surface area contributed by atoms with E-state index in [4.69, 9.17) is 4.42 Å². The number of rotatable bonds is 7. The van der Waals surface area contributed by atoms with Gasteiger partial charge in [-0.1, -0.05) is 158 Å². The summed E-state index contributed by atoms with van der Waals surface area (Å²) in [4.78, 5) is 2.44. The van der Waals surface area contributed by atoms with E-state index >= 15 is 0 Å². The zero-order chi connectivity index (χ0) is 45.2. The predicted molar refractivity (Wildman–Crippen MR) is 291 cm³/mol. The van der Waals surface area contributed by atoms with Gasteiger partial charge in [-0.3, -0.25) is 0 Å². The molecule has 2 unspecified atom stereocenters. The molecular weight excluding hydrogens is 875 g/mol. The summed E-state index contributed by atoms with van der Waals surface area (Å²) in [5.41, 5.74) is 16.4. The van der Waals surface area contributed by atoms with Crippen LogP contribution in [0.3, 0.4) is 0 Å². The van der Waals surface area contributed by atoms with Crippen molar-refractivity contribution >= 4 is 91.0 Å². The fourth-order valence-electron chi connectivity index (χ4n) is 12.2. The van der Waals surface area contributed by atoms with E-state index in [0.717, 1.165) is 40.2 Å². The molecule has 0 radical (unpaired) electrons. The number of para-hydroxylation sites is 2. The molecule has 3 aromatic heterocycles. The Kier molecular flexibility index (Phi) is 8.48. The van der Waals surface area contributed by atoms with Crippen LogP contribution in [0.1, 0.15) is 44.9 Å². The minimum absolute atomic E-state index is 0.0460. The summed E-state index contributed by atoms with van der Waals surface area (Å²) >= 11 is 3.74. The molecule has 15 rings (SSSR count). The molecule has 0 fully saturated rings. The van der Waals surface area contributed by atoms with Gasteiger partial charge in [-0.25, -0.2) is 0 Å². The van der Waals surface area contributed by atoms with Gasteiger partial charge in [0, 0.05) is 79.8 Å². The van der Waals surface area contributed by atoms with E-state index in [9.17, 15) is 0 Å². The highest BCUT2D eigenvalue weighted by molar-refractivity contribution is 7.26. The average molecular weight is 916 g/mol. The Labute approximate surface area is 407 Å². The van der Waals surface area contributed by atoms with Crippen molar-refractivity contribution in [2.75, 3.05) is 4.90 Å². The Morgan fingerprint density at radius 2 is 1.00 bits per heavy atom. The minimum Gasteiger partial charge on any atom is -0.456 e. The van der Waals surface area contributed by atoms with Crippen molar-refractivity contribution in [3.8, 4) is 22.5 Å². The molecule has 0 saturated carbocycles. The summed E-state index contributed by atoms with van der Waals surface area (Å²) in [6, 6.07) is 86.0. The Balaban J connectivity index is 0.998. The molecule has 324 valence electrons. The van der Waals surface area contributed by atoms with Crippen LogP contribution in [0.4, 0.5) is 17.1 Å². The van der Waals surface area contributed by atoms with Crippen molar-refractivity contribution in [3.63, 3.8) is 0 Å². The molecule has 3 heterocycles. The lowest BCUT2D eigenvalue weighted by Gasteiger charge is -2.34. The molecule has 1 spiro atoms. The van der Waals surface area contributed by atoms with Gasteiger partial charge in [0.15, 0.2) is 0 Å². The van der Waals surface area contributed by atoms with Crippen LogP contribution in [0.25, 0.3) is 73.8 Å². The van der Waals surface area contributed by atoms with E-state index in [1.54, 1.807) is 0 Å². The summed E-state index contributed by atoms with van der Waals surface area (Å²) in [5, 5.41) is 6.38. The van der Waals surface area contributed by atoms with Gasteiger partial charge in [0.25, 0.3) is 0 Å². The van der Waals surface area contributed by atoms with Crippen molar-refractivity contribution in [2.24, 2.45) is 0 Å². The lowest BCUT2D eigenvalue weighted by atomic mass is 9.66. The fourth-order valence-corrected chi connectivity index (χ4v) is 14.4. The largest absolute Gasteiger partial charge is 0.456 e. The molecule has 10 aromatic carbocycles. The quantitative estimate of drug-likeness (QED) is 0.158. The summed E-state index contributed by atoms with van der Waals surface area (Å²) in [6.45, 7) is 0. The molecule has 0 N–H and O–H groups in total. The Morgan fingerprint density at radius 1 is 0.406 bits per heavy atom. The SMILES string of the molecule is c1ccc(CC(c2ccc3sc4ccccc4c3c2)c2cccc3c2C2(c4ccccc4-c4cc(N(c5ccccc5)c5ccc6sc7ccccc7c6c5)ccc42)c2c-3oc3ccccc23)cc1. The zero-order valence-electron chi connectivity index (χ0n) is 37.4. The van der Waals surface area contributed by atoms with E-state index < -0.39 is 5.41 Å². The molecule has 13 aromatic rings. The van der Waals surface area contributed by atoms with Crippen molar-refractivity contribution in [1.82, 2.24) is 0 Å². The van der Waals surface area contributed by atoms with E-state index in [1.807, 2.05) is 22.7 Å². The van der Waals surface area contributed by atoms with E-state index in [2.05, 4.69) is 235 Å². The van der Waals surface area contributed by atoms with Gasteiger partial charge in [0.05, 0.1) is 5.41 Å². The van der Waals surface area contributed by atoms with E-state index in [1.165, 1.54) is 96.0 Å². The number of nitrogens with zero attached hydrogens (tertiary/aromatic N) is 1. The number of anilines is 3. The molecule has 2 atom stereocenters. The third kappa shape index (κ3) is 5.65. The Hall–Kier alpha value is -8.02. The first-order chi connectivity index (χ1) is 34.2. The maximum Gasteiger partial charge on any atom is 0.140 e. The number of furan rings is 1. The predicted octanol–water partition coefficient (Wildman–Crippen LogP) is 18.4. The highest BCUT2D eigenvalue weighted by Gasteiger charge is 2.56. The normalized spacial score (nSPS) is 15.0. The minimum atomic E-state index is -0.654. The maximum absolute atomic E-state index is 7.14. The van der Waals surface area contributed by atoms with Crippen LogP contribution in [0.2, 0.25) is 0 Å². The van der Waals surface area contributed by atoms with Crippen LogP contribution in [-0.2, 0) is 11.8 Å². The van der Waals surface area contributed by atoms with Crippen molar-refractivity contribution in [3.05, 3.63) is 269 Å². The van der Waals surface area contributed by atoms with E-state index in [-0.39, 0.29) is 5.92 Å². The Bertz CT molecular complexity index is 4200. The van der Waals surface area contributed by atoms with Gasteiger partial charge in [-0.2, -0.15) is 0 Å². The standard InChI is InChI=1S/C65H41NOS2/c1-3-16-40(17-4-1)36-51(41-30-34-60-53(37-41)46-21-9-13-28-58(46)68-60)48-24-15-25-50-62(48)65(63-49-23-8-12-27-57(49)67-64(50)63)55-26-11-7-20-45(55)52-38-43(31-33-56(52)65)66(42-18-5-2-6-19-42)44-32-35-61-54(39-44)47-22-10-14-29-59(47)69-61/h1-35,37-39,51H,36H2. The van der Waals surface area contributed by atoms with Crippen LogP contribution in [-0.4, -0.2) is 0 Å². The molecule has 0 saturated heterocycles. The number of fused-ring (bicyclic) bond motifs is 18. The van der Waals surface area contributed by atoms with Crippen molar-refractivity contribution in [1.29, 1.82) is 0 Å². The highest BCUT2D eigenvalue weighted by atomic mass is 32.1. The first-order valence-corrected chi connectivity index (χ1v) is 25.5. The molecule has 0 amide bonds. The second kappa shape index (κ2) is 15.0.